The van der Waals surface area contributed by atoms with Crippen LogP contribution in [0.2, 0.25) is 0 Å². The van der Waals surface area contributed by atoms with Crippen LogP contribution in [0.25, 0.3) is 87.2 Å². The highest BCUT2D eigenvalue weighted by atomic mass is 15.1. The van der Waals surface area contributed by atoms with Gasteiger partial charge in [0.1, 0.15) is 0 Å². The van der Waals surface area contributed by atoms with Crippen LogP contribution in [0.1, 0.15) is 0 Å². The second kappa shape index (κ2) is 13.7. The number of hydrogen-bond donors (Lipinski definition) is 0. The number of rotatable bonds is 6. The van der Waals surface area contributed by atoms with Gasteiger partial charge in [-0.3, -0.25) is 0 Å². The minimum atomic E-state index is 1.10. The van der Waals surface area contributed by atoms with Crippen molar-refractivity contribution in [3.05, 3.63) is 224 Å². The second-order valence-electron chi connectivity index (χ2n) is 14.8. The first-order valence-corrected chi connectivity index (χ1v) is 19.7. The third kappa shape index (κ3) is 5.55. The fourth-order valence-electron chi connectivity index (χ4n) is 9.04. The lowest BCUT2D eigenvalue weighted by Gasteiger charge is -2.28. The molecule has 57 heavy (non-hydrogen) atoms. The van der Waals surface area contributed by atoms with Gasteiger partial charge in [0.05, 0.1) is 5.69 Å². The lowest BCUT2D eigenvalue weighted by Crippen LogP contribution is -2.10. The summed E-state index contributed by atoms with van der Waals surface area (Å²) in [5.41, 5.74) is 10.7. The van der Waals surface area contributed by atoms with Crippen LogP contribution >= 0.6 is 0 Å². The molecule has 1 heteroatoms. The molecule has 0 heterocycles. The molecule has 0 N–H and O–H groups in total. The molecule has 0 aliphatic heterocycles. The Morgan fingerprint density at radius 3 is 1.44 bits per heavy atom. The van der Waals surface area contributed by atoms with E-state index in [9.17, 15) is 0 Å². The smallest absolute Gasteiger partial charge is 0.0540 e. The van der Waals surface area contributed by atoms with Gasteiger partial charge in [-0.1, -0.05) is 188 Å². The Balaban J connectivity index is 1.17. The standard InChI is InChI=1S/C56H37N/c1-3-17-40(18-4-1)55-51-28-14-13-26-48(51)50-35-34-44(37-53(50)56(55)41-19-5-2-6-20-41)57(54-29-15-22-38-16-7-10-24-46(38)54)43-32-30-39(31-33-43)52-36-42-21-8-9-23-45(42)47-25-11-12-27-49(47)52/h1-37H. The van der Waals surface area contributed by atoms with Crippen molar-refractivity contribution in [1.82, 2.24) is 0 Å². The van der Waals surface area contributed by atoms with Crippen LogP contribution in [-0.2, 0) is 0 Å². The van der Waals surface area contributed by atoms with Gasteiger partial charge in [0.2, 0.25) is 0 Å². The average molecular weight is 724 g/mol. The van der Waals surface area contributed by atoms with E-state index in [0.717, 1.165) is 17.1 Å². The van der Waals surface area contributed by atoms with Gasteiger partial charge >= 0.3 is 0 Å². The number of hydrogen-bond acceptors (Lipinski definition) is 1. The van der Waals surface area contributed by atoms with Crippen LogP contribution < -0.4 is 4.90 Å². The second-order valence-corrected chi connectivity index (χ2v) is 14.8. The maximum atomic E-state index is 2.44. The van der Waals surface area contributed by atoms with Crippen molar-refractivity contribution in [1.29, 1.82) is 0 Å². The van der Waals surface area contributed by atoms with Gasteiger partial charge in [-0.25, -0.2) is 0 Å². The average Bonchev–Trinajstić information content (AvgIpc) is 3.29. The highest BCUT2D eigenvalue weighted by Crippen LogP contribution is 2.48. The minimum Gasteiger partial charge on any atom is -0.310 e. The Kier molecular flexibility index (Phi) is 7.89. The van der Waals surface area contributed by atoms with Crippen molar-refractivity contribution in [2.75, 3.05) is 4.90 Å². The molecule has 0 radical (unpaired) electrons. The van der Waals surface area contributed by atoms with E-state index in [4.69, 9.17) is 0 Å². The molecule has 0 saturated heterocycles. The van der Waals surface area contributed by atoms with Crippen molar-refractivity contribution in [2.24, 2.45) is 0 Å². The minimum absolute atomic E-state index is 1.10. The molecule has 11 aromatic rings. The zero-order valence-electron chi connectivity index (χ0n) is 31.3. The lowest BCUT2D eigenvalue weighted by atomic mass is 9.85. The fourth-order valence-corrected chi connectivity index (χ4v) is 9.04. The van der Waals surface area contributed by atoms with E-state index in [2.05, 4.69) is 229 Å². The molecule has 0 fully saturated rings. The number of anilines is 3. The van der Waals surface area contributed by atoms with Crippen molar-refractivity contribution in [3.63, 3.8) is 0 Å². The summed E-state index contributed by atoms with van der Waals surface area (Å²) in [6, 6.07) is 82.1. The maximum absolute atomic E-state index is 2.44. The molecule has 0 unspecified atom stereocenters. The van der Waals surface area contributed by atoms with Gasteiger partial charge in [-0.2, -0.15) is 0 Å². The summed E-state index contributed by atoms with van der Waals surface area (Å²) in [7, 11) is 0. The van der Waals surface area contributed by atoms with Crippen LogP contribution in [0.3, 0.4) is 0 Å². The van der Waals surface area contributed by atoms with Gasteiger partial charge in [0, 0.05) is 16.8 Å². The van der Waals surface area contributed by atoms with Gasteiger partial charge < -0.3 is 4.90 Å². The normalized spacial score (nSPS) is 11.5. The molecule has 11 aromatic carbocycles. The first-order chi connectivity index (χ1) is 28.3. The van der Waals surface area contributed by atoms with E-state index in [1.807, 2.05) is 0 Å². The van der Waals surface area contributed by atoms with E-state index in [1.165, 1.54) is 87.2 Å². The van der Waals surface area contributed by atoms with Crippen LogP contribution in [0, 0.1) is 0 Å². The molecule has 0 saturated carbocycles. The summed E-state index contributed by atoms with van der Waals surface area (Å²) >= 11 is 0. The van der Waals surface area contributed by atoms with Gasteiger partial charge in [0.15, 0.2) is 0 Å². The van der Waals surface area contributed by atoms with E-state index in [0.29, 0.717) is 0 Å². The van der Waals surface area contributed by atoms with Gasteiger partial charge in [-0.05, 0) is 118 Å². The van der Waals surface area contributed by atoms with Crippen molar-refractivity contribution >= 4 is 70.9 Å². The van der Waals surface area contributed by atoms with Crippen LogP contribution in [0.5, 0.6) is 0 Å². The molecule has 0 bridgehead atoms. The SMILES string of the molecule is c1ccc(-c2c(-c3ccccc3)c3cc(N(c4ccc(-c5cc6ccccc6c6ccccc56)cc4)c4cccc5ccccc45)ccc3c3ccccc23)cc1. The predicted octanol–water partition coefficient (Wildman–Crippen LogP) is 15.9. The van der Waals surface area contributed by atoms with E-state index < -0.39 is 0 Å². The van der Waals surface area contributed by atoms with Gasteiger partial charge in [-0.15, -0.1) is 0 Å². The zero-order valence-corrected chi connectivity index (χ0v) is 31.3. The van der Waals surface area contributed by atoms with E-state index in [1.54, 1.807) is 0 Å². The Morgan fingerprint density at radius 2 is 0.737 bits per heavy atom. The third-order valence-corrected chi connectivity index (χ3v) is 11.6. The van der Waals surface area contributed by atoms with Crippen LogP contribution in [0.4, 0.5) is 17.1 Å². The predicted molar refractivity (Wildman–Crippen MR) is 245 cm³/mol. The highest BCUT2D eigenvalue weighted by molar-refractivity contribution is 6.22. The fraction of sp³-hybridized carbons (Fsp3) is 0. The highest BCUT2D eigenvalue weighted by Gasteiger charge is 2.21. The van der Waals surface area contributed by atoms with Gasteiger partial charge in [0.25, 0.3) is 0 Å². The van der Waals surface area contributed by atoms with E-state index >= 15 is 0 Å². The number of benzene rings is 11. The molecule has 11 rings (SSSR count). The molecule has 0 amide bonds. The third-order valence-electron chi connectivity index (χ3n) is 11.6. The Morgan fingerprint density at radius 1 is 0.246 bits per heavy atom. The lowest BCUT2D eigenvalue weighted by molar-refractivity contribution is 1.30. The van der Waals surface area contributed by atoms with Crippen LogP contribution in [-0.4, -0.2) is 0 Å². The monoisotopic (exact) mass is 723 g/mol. The Hall–Kier alpha value is -7.48. The quantitative estimate of drug-likeness (QED) is 0.154. The topological polar surface area (TPSA) is 3.24 Å². The molecule has 0 atom stereocenters. The maximum Gasteiger partial charge on any atom is 0.0540 e. The first-order valence-electron chi connectivity index (χ1n) is 19.7. The molecular formula is C56H37N. The summed E-state index contributed by atoms with van der Waals surface area (Å²) in [5, 5.41) is 12.5. The molecular weight excluding hydrogens is 687 g/mol. The molecule has 1 nitrogen and oxygen atoms in total. The van der Waals surface area contributed by atoms with Crippen molar-refractivity contribution in [2.45, 2.75) is 0 Å². The Labute approximate surface area is 332 Å². The van der Waals surface area contributed by atoms with Crippen molar-refractivity contribution < 1.29 is 0 Å². The van der Waals surface area contributed by atoms with Crippen LogP contribution in [0.15, 0.2) is 224 Å². The molecule has 0 aromatic heterocycles. The largest absolute Gasteiger partial charge is 0.310 e. The Bertz CT molecular complexity index is 3270. The number of fused-ring (bicyclic) bond motifs is 7. The summed E-state index contributed by atoms with van der Waals surface area (Å²) in [5.74, 6) is 0. The molecule has 0 aliphatic carbocycles. The molecule has 0 spiro atoms. The number of nitrogens with zero attached hydrogens (tertiary/aromatic N) is 1. The summed E-state index contributed by atoms with van der Waals surface area (Å²) in [6.45, 7) is 0. The first kappa shape index (κ1) is 32.9. The molecule has 266 valence electrons. The summed E-state index contributed by atoms with van der Waals surface area (Å²) in [4.78, 5) is 2.44. The van der Waals surface area contributed by atoms with Crippen molar-refractivity contribution in [3.8, 4) is 33.4 Å². The van der Waals surface area contributed by atoms with E-state index in [-0.39, 0.29) is 0 Å². The molecule has 0 aliphatic rings. The summed E-state index contributed by atoms with van der Waals surface area (Å²) in [6.07, 6.45) is 0. The summed E-state index contributed by atoms with van der Waals surface area (Å²) < 4.78 is 0. The zero-order chi connectivity index (χ0) is 37.7.